The van der Waals surface area contributed by atoms with Gasteiger partial charge >= 0.3 is 0 Å². The van der Waals surface area contributed by atoms with Crippen LogP contribution < -0.4 is 4.74 Å². The fraction of sp³-hybridized carbons (Fsp3) is 0.829. The van der Waals surface area contributed by atoms with Crippen LogP contribution in [0.25, 0.3) is 0 Å². The van der Waals surface area contributed by atoms with E-state index in [1.54, 1.807) is 0 Å². The average molecular weight is 572 g/mol. The summed E-state index contributed by atoms with van der Waals surface area (Å²) in [7, 11) is 0. The first-order valence-electron chi connectivity index (χ1n) is 16.9. The summed E-state index contributed by atoms with van der Waals surface area (Å²) in [4.78, 5) is 7.04. The van der Waals surface area contributed by atoms with E-state index in [9.17, 15) is 0 Å². The smallest absolute Gasteiger partial charge is 0.175 e. The molecule has 2 saturated heterocycles. The van der Waals surface area contributed by atoms with Crippen molar-refractivity contribution in [2.45, 2.75) is 166 Å². The molecule has 6 heteroatoms. The normalized spacial score (nSPS) is 33.9. The molecule has 2 aliphatic heterocycles. The van der Waals surface area contributed by atoms with Gasteiger partial charge in [-0.05, 0) is 77.0 Å². The molecule has 0 aromatic heterocycles. The summed E-state index contributed by atoms with van der Waals surface area (Å²) in [6.45, 7) is 15.3. The molecular formula is C35H57NO5. The second-order valence-electron chi connectivity index (χ2n) is 13.9. The van der Waals surface area contributed by atoms with E-state index in [2.05, 4.69) is 70.9 Å². The van der Waals surface area contributed by atoms with Gasteiger partial charge in [-0.2, -0.15) is 5.06 Å². The fourth-order valence-electron chi connectivity index (χ4n) is 7.64. The van der Waals surface area contributed by atoms with Gasteiger partial charge in [0.15, 0.2) is 5.79 Å². The quantitative estimate of drug-likeness (QED) is 0.185. The third kappa shape index (κ3) is 6.98. The van der Waals surface area contributed by atoms with Crippen molar-refractivity contribution >= 4 is 0 Å². The predicted octanol–water partition coefficient (Wildman–Crippen LogP) is 8.53. The van der Waals surface area contributed by atoms with E-state index in [0.29, 0.717) is 6.61 Å². The minimum absolute atomic E-state index is 0.0919. The number of nitrogens with zero attached hydrogens (tertiary/aromatic N) is 1. The van der Waals surface area contributed by atoms with Crippen LogP contribution in [0.3, 0.4) is 0 Å². The molecule has 1 aromatic carbocycles. The Bertz CT molecular complexity index is 934. The Kier molecular flexibility index (Phi) is 10.1. The lowest BCUT2D eigenvalue weighted by molar-refractivity contribution is -0.410. The molecule has 2 saturated carbocycles. The molecule has 41 heavy (non-hydrogen) atoms. The summed E-state index contributed by atoms with van der Waals surface area (Å²) >= 11 is 0. The molecule has 1 aromatic rings. The minimum atomic E-state index is -0.604. The molecule has 4 aliphatic rings. The van der Waals surface area contributed by atoms with Gasteiger partial charge in [0.2, 0.25) is 0 Å². The van der Waals surface area contributed by atoms with Crippen molar-refractivity contribution in [2.24, 2.45) is 5.92 Å². The standard InChI is InChI=1S/C35H57NO5/c1-7-33(5)25-35(39-30-15-11-9-12-16-30,40-31-17-13-10-14-18-31)27(4)34(6,8-2)36(33)41-26(3)28-19-21-29(22-20-28)37-23-32-24-38-32/h19-22,26-27,30-32H,7-18,23-25H2,1-6H3. The molecular weight excluding hydrogens is 514 g/mol. The van der Waals surface area contributed by atoms with Gasteiger partial charge in [-0.1, -0.05) is 71.4 Å². The number of epoxide rings is 1. The highest BCUT2D eigenvalue weighted by Crippen LogP contribution is 2.55. The summed E-state index contributed by atoms with van der Waals surface area (Å²) in [5.41, 5.74) is 0.661. The summed E-state index contributed by atoms with van der Waals surface area (Å²) in [5.74, 6) is 0.424. The van der Waals surface area contributed by atoms with E-state index in [4.69, 9.17) is 23.8 Å². The van der Waals surface area contributed by atoms with E-state index in [1.807, 2.05) is 0 Å². The van der Waals surface area contributed by atoms with Gasteiger partial charge in [0.05, 0.1) is 24.4 Å². The molecule has 0 amide bonds. The maximum Gasteiger partial charge on any atom is 0.175 e. The van der Waals surface area contributed by atoms with Crippen molar-refractivity contribution in [1.29, 1.82) is 0 Å². The number of benzene rings is 1. The van der Waals surface area contributed by atoms with Crippen molar-refractivity contribution < 1.29 is 23.8 Å². The van der Waals surface area contributed by atoms with E-state index in [1.165, 1.54) is 38.5 Å². The average Bonchev–Trinajstić information content (AvgIpc) is 3.83. The van der Waals surface area contributed by atoms with Crippen molar-refractivity contribution in [1.82, 2.24) is 5.06 Å². The van der Waals surface area contributed by atoms with E-state index >= 15 is 0 Å². The SMILES string of the molecule is CCC1(C)CC(OC2CCCCC2)(OC2CCCCC2)C(C)C(C)(CC)N1OC(C)c1ccc(OCC2CO2)cc1. The van der Waals surface area contributed by atoms with Gasteiger partial charge in [0.1, 0.15) is 24.6 Å². The molecule has 5 unspecified atom stereocenters. The van der Waals surface area contributed by atoms with Crippen LogP contribution in [0.2, 0.25) is 0 Å². The largest absolute Gasteiger partial charge is 0.491 e. The van der Waals surface area contributed by atoms with Gasteiger partial charge in [-0.15, -0.1) is 0 Å². The Hall–Kier alpha value is -1.18. The number of ether oxygens (including phenoxy) is 4. The van der Waals surface area contributed by atoms with Gasteiger partial charge in [-0.25, -0.2) is 0 Å². The maximum absolute atomic E-state index is 7.30. The maximum atomic E-state index is 7.30. The number of hydroxylamine groups is 2. The van der Waals surface area contributed by atoms with Crippen molar-refractivity contribution in [2.75, 3.05) is 13.2 Å². The van der Waals surface area contributed by atoms with Crippen LogP contribution in [0.15, 0.2) is 24.3 Å². The van der Waals surface area contributed by atoms with E-state index in [-0.39, 0.29) is 41.4 Å². The van der Waals surface area contributed by atoms with E-state index < -0.39 is 5.79 Å². The Morgan fingerprint density at radius 3 is 1.93 bits per heavy atom. The second kappa shape index (κ2) is 13.2. The summed E-state index contributed by atoms with van der Waals surface area (Å²) in [5, 5.41) is 2.37. The van der Waals surface area contributed by atoms with Gasteiger partial charge in [0.25, 0.3) is 0 Å². The zero-order chi connectivity index (χ0) is 29.1. The zero-order valence-corrected chi connectivity index (χ0v) is 26.8. The van der Waals surface area contributed by atoms with Crippen LogP contribution in [0.1, 0.15) is 137 Å². The Morgan fingerprint density at radius 1 is 0.878 bits per heavy atom. The van der Waals surface area contributed by atoms with Crippen LogP contribution in [0.5, 0.6) is 5.75 Å². The molecule has 2 heterocycles. The summed E-state index contributed by atoms with van der Waals surface area (Å²) in [6, 6.07) is 8.37. The highest BCUT2D eigenvalue weighted by Gasteiger charge is 2.63. The molecule has 232 valence electrons. The lowest BCUT2D eigenvalue weighted by Gasteiger charge is -2.64. The Balaban J connectivity index is 1.40. The molecule has 5 rings (SSSR count). The topological polar surface area (TPSA) is 52.7 Å². The molecule has 6 nitrogen and oxygen atoms in total. The molecule has 0 N–H and O–H groups in total. The predicted molar refractivity (Wildman–Crippen MR) is 163 cm³/mol. The van der Waals surface area contributed by atoms with Crippen LogP contribution in [0, 0.1) is 5.92 Å². The Labute approximate surface area is 249 Å². The Morgan fingerprint density at radius 2 is 1.44 bits per heavy atom. The minimum Gasteiger partial charge on any atom is -0.491 e. The summed E-state index contributed by atoms with van der Waals surface area (Å²) in [6.07, 6.45) is 15.8. The summed E-state index contributed by atoms with van der Waals surface area (Å²) < 4.78 is 25.7. The van der Waals surface area contributed by atoms with Gasteiger partial charge in [0, 0.05) is 17.9 Å². The monoisotopic (exact) mass is 571 g/mol. The highest BCUT2D eigenvalue weighted by molar-refractivity contribution is 5.28. The fourth-order valence-corrected chi connectivity index (χ4v) is 7.64. The molecule has 2 aliphatic carbocycles. The van der Waals surface area contributed by atoms with Crippen LogP contribution in [-0.2, 0) is 19.0 Å². The van der Waals surface area contributed by atoms with Crippen molar-refractivity contribution in [3.63, 3.8) is 0 Å². The van der Waals surface area contributed by atoms with Crippen LogP contribution >= 0.6 is 0 Å². The molecule has 0 radical (unpaired) electrons. The lowest BCUT2D eigenvalue weighted by Crippen LogP contribution is -2.73. The molecule has 5 atom stereocenters. The third-order valence-corrected chi connectivity index (χ3v) is 10.9. The van der Waals surface area contributed by atoms with Crippen LogP contribution in [-0.4, -0.2) is 53.5 Å². The van der Waals surface area contributed by atoms with Crippen LogP contribution in [0.4, 0.5) is 0 Å². The van der Waals surface area contributed by atoms with E-state index in [0.717, 1.165) is 62.9 Å². The number of hydrogen-bond acceptors (Lipinski definition) is 6. The third-order valence-electron chi connectivity index (χ3n) is 10.9. The molecule has 0 bridgehead atoms. The second-order valence-corrected chi connectivity index (χ2v) is 13.9. The first-order valence-corrected chi connectivity index (χ1v) is 16.9. The number of rotatable bonds is 12. The van der Waals surface area contributed by atoms with Gasteiger partial charge < -0.3 is 18.9 Å². The molecule has 4 fully saturated rings. The first kappa shape index (κ1) is 31.3. The zero-order valence-electron chi connectivity index (χ0n) is 26.8. The highest BCUT2D eigenvalue weighted by atomic mass is 16.7. The first-order chi connectivity index (χ1) is 19.7. The lowest BCUT2D eigenvalue weighted by atomic mass is 9.67. The van der Waals surface area contributed by atoms with Crippen molar-refractivity contribution in [3.05, 3.63) is 29.8 Å². The number of hydrogen-bond donors (Lipinski definition) is 0. The van der Waals surface area contributed by atoms with Gasteiger partial charge in [-0.3, -0.25) is 4.84 Å². The van der Waals surface area contributed by atoms with Crippen molar-refractivity contribution in [3.8, 4) is 5.75 Å². The molecule has 0 spiro atoms. The number of piperidine rings is 1.